The van der Waals surface area contributed by atoms with Crippen LogP contribution in [-0.4, -0.2) is 25.6 Å². The smallest absolute Gasteiger partial charge is 0.238 e. The van der Waals surface area contributed by atoms with Crippen molar-refractivity contribution in [3.05, 3.63) is 35.4 Å². The summed E-state index contributed by atoms with van der Waals surface area (Å²) in [4.78, 5) is 12.5. The molecule has 26 heavy (non-hydrogen) atoms. The zero-order chi connectivity index (χ0) is 19.5. The molecule has 0 aliphatic heterocycles. The van der Waals surface area contributed by atoms with E-state index < -0.39 is 15.1 Å². The molecule has 3 unspecified atom stereocenters. The Morgan fingerprint density at radius 1 is 1.15 bits per heavy atom. The Balaban J connectivity index is 2.02. The van der Waals surface area contributed by atoms with Gasteiger partial charge in [0.2, 0.25) is 5.91 Å². The molecule has 1 aromatic carbocycles. The third-order valence-corrected chi connectivity index (χ3v) is 7.56. The molecule has 0 heterocycles. The van der Waals surface area contributed by atoms with Crippen LogP contribution in [0.2, 0.25) is 0 Å². The predicted octanol–water partition coefficient (Wildman–Crippen LogP) is 3.98. The Kier molecular flexibility index (Phi) is 6.54. The molecule has 0 aromatic heterocycles. The van der Waals surface area contributed by atoms with Crippen molar-refractivity contribution in [1.82, 2.24) is 5.32 Å². The summed E-state index contributed by atoms with van der Waals surface area (Å²) in [7, 11) is -3.54. The van der Waals surface area contributed by atoms with Crippen LogP contribution >= 0.6 is 0 Å². The largest absolute Gasteiger partial charge is 0.352 e. The van der Waals surface area contributed by atoms with Gasteiger partial charge in [-0.05, 0) is 42.2 Å². The molecule has 4 nitrogen and oxygen atoms in total. The third kappa shape index (κ3) is 5.32. The third-order valence-electron chi connectivity index (χ3n) is 5.53. The van der Waals surface area contributed by atoms with Crippen molar-refractivity contribution in [1.29, 1.82) is 0 Å². The van der Waals surface area contributed by atoms with E-state index in [1.807, 2.05) is 24.3 Å². The standard InChI is InChI=1S/C21H33NO3S/c1-15-8-6-7-9-19(15)22-20(23)16(2)26(24,25)14-17-10-12-18(13-11-17)21(3,4)5/h10-13,15-16,19H,6-9,14H2,1-5H3,(H,22,23). The SMILES string of the molecule is CC1CCCCC1NC(=O)C(C)S(=O)(=O)Cc1ccc(C(C)(C)C)cc1. The van der Waals surface area contributed by atoms with E-state index in [0.717, 1.165) is 30.4 Å². The monoisotopic (exact) mass is 379 g/mol. The molecular formula is C21H33NO3S. The van der Waals surface area contributed by atoms with E-state index in [1.54, 1.807) is 0 Å². The zero-order valence-electron chi connectivity index (χ0n) is 16.7. The van der Waals surface area contributed by atoms with E-state index in [0.29, 0.717) is 5.92 Å². The van der Waals surface area contributed by atoms with Crippen molar-refractivity contribution in [2.75, 3.05) is 0 Å². The molecule has 3 atom stereocenters. The van der Waals surface area contributed by atoms with E-state index in [4.69, 9.17) is 0 Å². The minimum atomic E-state index is -3.54. The van der Waals surface area contributed by atoms with E-state index >= 15 is 0 Å². The van der Waals surface area contributed by atoms with E-state index in [9.17, 15) is 13.2 Å². The number of carbonyl (C=O) groups excluding carboxylic acids is 1. The lowest BCUT2D eigenvalue weighted by molar-refractivity contribution is -0.121. The van der Waals surface area contributed by atoms with Gasteiger partial charge in [-0.3, -0.25) is 4.79 Å². The fourth-order valence-electron chi connectivity index (χ4n) is 3.45. The summed E-state index contributed by atoms with van der Waals surface area (Å²) in [5.74, 6) is -0.0608. The van der Waals surface area contributed by atoms with Crippen LogP contribution in [0.1, 0.15) is 71.4 Å². The van der Waals surface area contributed by atoms with Gasteiger partial charge in [-0.15, -0.1) is 0 Å². The topological polar surface area (TPSA) is 63.2 Å². The summed E-state index contributed by atoms with van der Waals surface area (Å²) in [5.41, 5.74) is 1.92. The van der Waals surface area contributed by atoms with Crippen LogP contribution in [0.5, 0.6) is 0 Å². The first kappa shape index (κ1) is 20.9. The van der Waals surface area contributed by atoms with Crippen molar-refractivity contribution < 1.29 is 13.2 Å². The molecular weight excluding hydrogens is 346 g/mol. The molecule has 5 heteroatoms. The molecule has 0 spiro atoms. The molecule has 1 fully saturated rings. The quantitative estimate of drug-likeness (QED) is 0.841. The lowest BCUT2D eigenvalue weighted by Gasteiger charge is -2.30. The van der Waals surface area contributed by atoms with Crippen LogP contribution < -0.4 is 5.32 Å². The molecule has 0 bridgehead atoms. The molecule has 2 rings (SSSR count). The molecule has 0 radical (unpaired) electrons. The van der Waals surface area contributed by atoms with Crippen LogP contribution in [0.15, 0.2) is 24.3 Å². The Hall–Kier alpha value is -1.36. The second-order valence-corrected chi connectivity index (χ2v) is 11.1. The fourth-order valence-corrected chi connectivity index (χ4v) is 4.75. The first-order valence-electron chi connectivity index (χ1n) is 9.62. The number of hydrogen-bond acceptors (Lipinski definition) is 3. The van der Waals surface area contributed by atoms with Crippen LogP contribution in [-0.2, 0) is 25.8 Å². The molecule has 1 aliphatic carbocycles. The lowest BCUT2D eigenvalue weighted by atomic mass is 9.86. The number of sulfone groups is 1. The van der Waals surface area contributed by atoms with Crippen LogP contribution in [0.4, 0.5) is 0 Å². The highest BCUT2D eigenvalue weighted by Gasteiger charge is 2.31. The molecule has 1 N–H and O–H groups in total. The van der Waals surface area contributed by atoms with E-state index in [-0.39, 0.29) is 23.1 Å². The number of amides is 1. The van der Waals surface area contributed by atoms with Crippen molar-refractivity contribution >= 4 is 15.7 Å². The average molecular weight is 380 g/mol. The van der Waals surface area contributed by atoms with Gasteiger partial charge in [0.05, 0.1) is 5.75 Å². The highest BCUT2D eigenvalue weighted by atomic mass is 32.2. The maximum atomic E-state index is 12.7. The molecule has 0 saturated heterocycles. The summed E-state index contributed by atoms with van der Waals surface area (Å²) >= 11 is 0. The van der Waals surface area contributed by atoms with Crippen molar-refractivity contribution in [2.45, 2.75) is 82.8 Å². The van der Waals surface area contributed by atoms with E-state index in [1.165, 1.54) is 13.3 Å². The Morgan fingerprint density at radius 3 is 2.27 bits per heavy atom. The maximum absolute atomic E-state index is 12.7. The first-order valence-corrected chi connectivity index (χ1v) is 11.3. The van der Waals surface area contributed by atoms with Gasteiger partial charge < -0.3 is 5.32 Å². The Bertz CT molecular complexity index is 717. The predicted molar refractivity (Wildman–Crippen MR) is 107 cm³/mol. The van der Waals surface area contributed by atoms with E-state index in [2.05, 4.69) is 33.0 Å². The summed E-state index contributed by atoms with van der Waals surface area (Å²) in [6.07, 6.45) is 4.31. The van der Waals surface area contributed by atoms with Crippen LogP contribution in [0, 0.1) is 5.92 Å². The highest BCUT2D eigenvalue weighted by molar-refractivity contribution is 7.92. The van der Waals surface area contributed by atoms with Gasteiger partial charge in [-0.2, -0.15) is 0 Å². The van der Waals surface area contributed by atoms with Gasteiger partial charge in [0.25, 0.3) is 0 Å². The van der Waals surface area contributed by atoms with Crippen LogP contribution in [0.3, 0.4) is 0 Å². The molecule has 1 aliphatic rings. The summed E-state index contributed by atoms with van der Waals surface area (Å²) in [6.45, 7) is 9.99. The average Bonchev–Trinajstić information content (AvgIpc) is 2.55. The van der Waals surface area contributed by atoms with Gasteiger partial charge in [0, 0.05) is 6.04 Å². The van der Waals surface area contributed by atoms with Gasteiger partial charge in [-0.25, -0.2) is 8.42 Å². The molecule has 146 valence electrons. The Labute approximate surface area is 158 Å². The minimum Gasteiger partial charge on any atom is -0.352 e. The second kappa shape index (κ2) is 8.12. The fraction of sp³-hybridized carbons (Fsp3) is 0.667. The summed E-state index contributed by atoms with van der Waals surface area (Å²) in [6, 6.07) is 7.75. The second-order valence-electron chi connectivity index (χ2n) is 8.77. The van der Waals surface area contributed by atoms with Gasteiger partial charge in [-0.1, -0.05) is 64.8 Å². The summed E-state index contributed by atoms with van der Waals surface area (Å²) in [5, 5.41) is 1.94. The normalized spacial score (nSPS) is 22.7. The lowest BCUT2D eigenvalue weighted by Crippen LogP contribution is -2.47. The zero-order valence-corrected chi connectivity index (χ0v) is 17.5. The van der Waals surface area contributed by atoms with Crippen LogP contribution in [0.25, 0.3) is 0 Å². The van der Waals surface area contributed by atoms with Gasteiger partial charge in [0.15, 0.2) is 9.84 Å². The maximum Gasteiger partial charge on any atom is 0.238 e. The molecule has 1 aromatic rings. The molecule has 1 saturated carbocycles. The van der Waals surface area contributed by atoms with Crippen molar-refractivity contribution in [3.8, 4) is 0 Å². The first-order chi connectivity index (χ1) is 12.0. The van der Waals surface area contributed by atoms with Crippen molar-refractivity contribution in [3.63, 3.8) is 0 Å². The number of carbonyl (C=O) groups is 1. The highest BCUT2D eigenvalue weighted by Crippen LogP contribution is 2.25. The van der Waals surface area contributed by atoms with Gasteiger partial charge >= 0.3 is 0 Å². The minimum absolute atomic E-state index is 0.0290. The number of benzene rings is 1. The number of hydrogen-bond donors (Lipinski definition) is 1. The van der Waals surface area contributed by atoms with Gasteiger partial charge in [0.1, 0.15) is 5.25 Å². The Morgan fingerprint density at radius 2 is 1.73 bits per heavy atom. The number of nitrogens with one attached hydrogen (secondary N) is 1. The number of rotatable bonds is 5. The molecule has 1 amide bonds. The summed E-state index contributed by atoms with van der Waals surface area (Å²) < 4.78 is 25.4. The van der Waals surface area contributed by atoms with Crippen molar-refractivity contribution in [2.24, 2.45) is 5.92 Å².